The molecule has 0 aliphatic carbocycles. The van der Waals surface area contributed by atoms with E-state index in [4.69, 9.17) is 0 Å². The number of hydrogen-bond donors (Lipinski definition) is 0. The Morgan fingerprint density at radius 2 is 2.00 bits per heavy atom. The van der Waals surface area contributed by atoms with Crippen LogP contribution in [0.3, 0.4) is 0 Å². The Bertz CT molecular complexity index is 350. The molecule has 1 heteroatoms. The van der Waals surface area contributed by atoms with Crippen LogP contribution in [-0.2, 0) is 0 Å². The molecule has 1 fully saturated rings. The van der Waals surface area contributed by atoms with Crippen molar-refractivity contribution in [1.29, 1.82) is 0 Å². The Balaban J connectivity index is 2.19. The molecule has 1 aliphatic heterocycles. The summed E-state index contributed by atoms with van der Waals surface area (Å²) in [6, 6.07) is 9.49. The highest BCUT2D eigenvalue weighted by Gasteiger charge is 2.21. The summed E-state index contributed by atoms with van der Waals surface area (Å²) >= 11 is 0. The normalized spacial score (nSPS) is 21.9. The molecule has 15 heavy (non-hydrogen) atoms. The van der Waals surface area contributed by atoms with Crippen molar-refractivity contribution in [2.24, 2.45) is 0 Å². The summed E-state index contributed by atoms with van der Waals surface area (Å²) in [6.07, 6.45) is 2.62. The molecule has 1 aromatic rings. The lowest BCUT2D eigenvalue weighted by Gasteiger charge is -2.19. The maximum absolute atomic E-state index is 3.96. The summed E-state index contributed by atoms with van der Waals surface area (Å²) in [5.74, 6) is 0. The predicted octanol–water partition coefficient (Wildman–Crippen LogP) is 3.49. The number of benzene rings is 1. The molecular weight excluding hydrogens is 182 g/mol. The highest BCUT2D eigenvalue weighted by molar-refractivity contribution is 5.61. The van der Waals surface area contributed by atoms with Crippen molar-refractivity contribution in [2.45, 2.75) is 25.8 Å². The molecule has 1 unspecified atom stereocenters. The van der Waals surface area contributed by atoms with Gasteiger partial charge in [0.05, 0.1) is 0 Å². The van der Waals surface area contributed by atoms with Crippen LogP contribution in [0.25, 0.3) is 5.57 Å². The second-order valence-electron chi connectivity index (χ2n) is 4.54. The van der Waals surface area contributed by atoms with Crippen LogP contribution in [0.1, 0.15) is 36.9 Å². The molecule has 1 aromatic carbocycles. The molecule has 0 bridgehead atoms. The zero-order valence-electron chi connectivity index (χ0n) is 9.66. The monoisotopic (exact) mass is 201 g/mol. The van der Waals surface area contributed by atoms with Gasteiger partial charge >= 0.3 is 0 Å². The fourth-order valence-corrected chi connectivity index (χ4v) is 2.32. The van der Waals surface area contributed by atoms with E-state index in [9.17, 15) is 0 Å². The second kappa shape index (κ2) is 4.19. The van der Waals surface area contributed by atoms with Crippen molar-refractivity contribution >= 4 is 5.57 Å². The Hall–Kier alpha value is -1.08. The minimum absolute atomic E-state index is 0.629. The number of nitrogens with zero attached hydrogens (tertiary/aromatic N) is 1. The van der Waals surface area contributed by atoms with Gasteiger partial charge in [-0.25, -0.2) is 0 Å². The van der Waals surface area contributed by atoms with Gasteiger partial charge in [-0.15, -0.1) is 0 Å². The lowest BCUT2D eigenvalue weighted by molar-refractivity contribution is 0.317. The minimum Gasteiger partial charge on any atom is -0.299 e. The van der Waals surface area contributed by atoms with E-state index in [0.29, 0.717) is 6.04 Å². The van der Waals surface area contributed by atoms with Gasteiger partial charge in [-0.3, -0.25) is 4.90 Å². The average Bonchev–Trinajstić information content (AvgIpc) is 2.65. The van der Waals surface area contributed by atoms with Gasteiger partial charge in [-0.2, -0.15) is 0 Å². The summed E-state index contributed by atoms with van der Waals surface area (Å²) in [7, 11) is 2.21. The molecule has 80 valence electrons. The molecular formula is C14H19N. The highest BCUT2D eigenvalue weighted by Crippen LogP contribution is 2.30. The summed E-state index contributed by atoms with van der Waals surface area (Å²) in [4.78, 5) is 2.44. The first kappa shape index (κ1) is 10.4. The lowest BCUT2D eigenvalue weighted by atomic mass is 10.0. The third-order valence-electron chi connectivity index (χ3n) is 3.31. The van der Waals surface area contributed by atoms with Crippen molar-refractivity contribution in [3.63, 3.8) is 0 Å². The number of allylic oxidation sites excluding steroid dienone is 1. The van der Waals surface area contributed by atoms with Crippen LogP contribution in [0.2, 0.25) is 0 Å². The molecule has 1 saturated heterocycles. The van der Waals surface area contributed by atoms with Crippen LogP contribution in [0.15, 0.2) is 30.8 Å². The van der Waals surface area contributed by atoms with E-state index in [-0.39, 0.29) is 0 Å². The average molecular weight is 201 g/mol. The Morgan fingerprint density at radius 1 is 1.33 bits per heavy atom. The third kappa shape index (κ3) is 2.13. The van der Waals surface area contributed by atoms with E-state index in [1.165, 1.54) is 30.5 Å². The number of hydrogen-bond acceptors (Lipinski definition) is 1. The van der Waals surface area contributed by atoms with E-state index >= 15 is 0 Å². The van der Waals surface area contributed by atoms with Crippen LogP contribution >= 0.6 is 0 Å². The maximum atomic E-state index is 3.96. The molecule has 1 heterocycles. The zero-order valence-corrected chi connectivity index (χ0v) is 9.66. The van der Waals surface area contributed by atoms with Gasteiger partial charge in [0.25, 0.3) is 0 Å². The Morgan fingerprint density at radius 3 is 2.47 bits per heavy atom. The van der Waals surface area contributed by atoms with Crippen molar-refractivity contribution in [1.82, 2.24) is 4.90 Å². The standard InChI is InChI=1S/C14H19N/c1-11(2)12-6-8-13(9-7-12)14-5-4-10-15(14)3/h6-9,14H,1,4-5,10H2,2-3H3. The molecule has 1 aliphatic rings. The van der Waals surface area contributed by atoms with Crippen molar-refractivity contribution in [3.8, 4) is 0 Å². The largest absolute Gasteiger partial charge is 0.299 e. The van der Waals surface area contributed by atoms with Crippen molar-refractivity contribution in [3.05, 3.63) is 42.0 Å². The molecule has 0 aromatic heterocycles. The zero-order chi connectivity index (χ0) is 10.8. The summed E-state index contributed by atoms with van der Waals surface area (Å²) in [5.41, 5.74) is 3.83. The summed E-state index contributed by atoms with van der Waals surface area (Å²) in [5, 5.41) is 0. The molecule has 1 nitrogen and oxygen atoms in total. The fraction of sp³-hybridized carbons (Fsp3) is 0.429. The van der Waals surface area contributed by atoms with Gasteiger partial charge in [0.2, 0.25) is 0 Å². The first-order valence-electron chi connectivity index (χ1n) is 5.64. The van der Waals surface area contributed by atoms with Crippen LogP contribution < -0.4 is 0 Å². The van der Waals surface area contributed by atoms with E-state index in [0.717, 1.165) is 5.57 Å². The topological polar surface area (TPSA) is 3.24 Å². The van der Waals surface area contributed by atoms with Gasteiger partial charge < -0.3 is 0 Å². The Kier molecular flexibility index (Phi) is 2.92. The minimum atomic E-state index is 0.629. The Labute approximate surface area is 92.4 Å². The van der Waals surface area contributed by atoms with Crippen LogP contribution in [0.4, 0.5) is 0 Å². The fourth-order valence-electron chi connectivity index (χ4n) is 2.32. The smallest absolute Gasteiger partial charge is 0.0345 e. The second-order valence-corrected chi connectivity index (χ2v) is 4.54. The van der Waals surface area contributed by atoms with Gasteiger partial charge in [-0.1, -0.05) is 36.4 Å². The number of rotatable bonds is 2. The quantitative estimate of drug-likeness (QED) is 0.708. The highest BCUT2D eigenvalue weighted by atomic mass is 15.1. The van der Waals surface area contributed by atoms with Crippen molar-refractivity contribution < 1.29 is 0 Å². The summed E-state index contributed by atoms with van der Waals surface area (Å²) < 4.78 is 0. The van der Waals surface area contributed by atoms with Crippen LogP contribution in [0.5, 0.6) is 0 Å². The van der Waals surface area contributed by atoms with Gasteiger partial charge in [0.15, 0.2) is 0 Å². The molecule has 1 atom stereocenters. The van der Waals surface area contributed by atoms with Gasteiger partial charge in [-0.05, 0) is 44.5 Å². The number of likely N-dealkylation sites (tertiary alicyclic amines) is 1. The van der Waals surface area contributed by atoms with E-state index in [1.807, 2.05) is 0 Å². The van der Waals surface area contributed by atoms with Gasteiger partial charge in [0, 0.05) is 6.04 Å². The maximum Gasteiger partial charge on any atom is 0.0345 e. The first-order chi connectivity index (χ1) is 7.18. The first-order valence-corrected chi connectivity index (χ1v) is 5.64. The SMILES string of the molecule is C=C(C)c1ccc(C2CCCN2C)cc1. The lowest BCUT2D eigenvalue weighted by Crippen LogP contribution is -2.17. The van der Waals surface area contributed by atoms with E-state index in [2.05, 4.69) is 49.7 Å². The van der Waals surface area contributed by atoms with Crippen LogP contribution in [-0.4, -0.2) is 18.5 Å². The molecule has 0 saturated carbocycles. The van der Waals surface area contributed by atoms with Gasteiger partial charge in [0.1, 0.15) is 0 Å². The molecule has 2 rings (SSSR count). The molecule has 0 N–H and O–H groups in total. The van der Waals surface area contributed by atoms with Crippen LogP contribution in [0, 0.1) is 0 Å². The molecule has 0 spiro atoms. The molecule has 0 amide bonds. The summed E-state index contributed by atoms with van der Waals surface area (Å²) in [6.45, 7) is 7.24. The van der Waals surface area contributed by atoms with Crippen molar-refractivity contribution in [2.75, 3.05) is 13.6 Å². The third-order valence-corrected chi connectivity index (χ3v) is 3.31. The van der Waals surface area contributed by atoms with E-state index < -0.39 is 0 Å². The predicted molar refractivity (Wildman–Crippen MR) is 65.8 cm³/mol. The molecule has 0 radical (unpaired) electrons. The van der Waals surface area contributed by atoms with E-state index in [1.54, 1.807) is 0 Å².